The van der Waals surface area contributed by atoms with Crippen LogP contribution in [0.25, 0.3) is 0 Å². The molecule has 0 spiro atoms. The molecule has 1 aromatic rings. The Bertz CT molecular complexity index is 507. The van der Waals surface area contributed by atoms with Gasteiger partial charge in [-0.3, -0.25) is 9.59 Å². The summed E-state index contributed by atoms with van der Waals surface area (Å²) in [5.41, 5.74) is 0. The molecule has 1 rings (SSSR count). The minimum Gasteiger partial charge on any atom is -0.355 e. The number of amides is 2. The lowest BCUT2D eigenvalue weighted by Gasteiger charge is -2.07. The van der Waals surface area contributed by atoms with E-state index in [2.05, 4.69) is 27.4 Å². The highest BCUT2D eigenvalue weighted by molar-refractivity contribution is 8.04. The number of carbonyl (C=O) groups excluding carboxylic acids is 2. The fraction of sp³-hybridized carbons (Fsp3) is 0.538. The summed E-state index contributed by atoms with van der Waals surface area (Å²) < 4.78 is 1.45. The van der Waals surface area contributed by atoms with Crippen molar-refractivity contribution in [3.8, 4) is 0 Å². The molecule has 1 heterocycles. The van der Waals surface area contributed by atoms with Crippen molar-refractivity contribution in [1.29, 1.82) is 0 Å². The molecule has 1 aromatic heterocycles. The third-order valence-corrected chi connectivity index (χ3v) is 5.60. The molecular weight excluding hydrogens is 340 g/mol. The van der Waals surface area contributed by atoms with Crippen molar-refractivity contribution in [1.82, 2.24) is 20.8 Å². The third-order valence-electron chi connectivity index (χ3n) is 2.35. The second kappa shape index (κ2) is 10.6. The number of nitrogens with one attached hydrogen (secondary N) is 2. The van der Waals surface area contributed by atoms with Gasteiger partial charge in [-0.2, -0.15) is 0 Å². The predicted molar refractivity (Wildman–Crippen MR) is 92.5 cm³/mol. The first-order valence-electron chi connectivity index (χ1n) is 6.85. The molecule has 0 bridgehead atoms. The zero-order valence-corrected chi connectivity index (χ0v) is 15.1. The van der Waals surface area contributed by atoms with Crippen molar-refractivity contribution < 1.29 is 9.59 Å². The van der Waals surface area contributed by atoms with E-state index in [0.717, 1.165) is 15.1 Å². The van der Waals surface area contributed by atoms with Gasteiger partial charge in [-0.1, -0.05) is 47.9 Å². The summed E-state index contributed by atoms with van der Waals surface area (Å²) >= 11 is 4.10. The Morgan fingerprint density at radius 2 is 2.09 bits per heavy atom. The minimum absolute atomic E-state index is 0.00609. The fourth-order valence-corrected chi connectivity index (χ4v) is 4.29. The van der Waals surface area contributed by atoms with Crippen LogP contribution in [-0.4, -0.2) is 46.1 Å². The van der Waals surface area contributed by atoms with E-state index >= 15 is 0 Å². The number of thioether (sulfide) groups is 2. The smallest absolute Gasteiger partial charge is 0.233 e. The highest BCUT2D eigenvalue weighted by Crippen LogP contribution is 2.31. The second-order valence-corrected chi connectivity index (χ2v) is 8.05. The molecule has 0 aliphatic rings. The molecule has 0 aliphatic heterocycles. The van der Waals surface area contributed by atoms with E-state index in [1.165, 1.54) is 34.9 Å². The first-order chi connectivity index (χ1) is 10.6. The molecule has 1 atom stereocenters. The van der Waals surface area contributed by atoms with Crippen LogP contribution >= 0.6 is 34.9 Å². The molecule has 0 unspecified atom stereocenters. The van der Waals surface area contributed by atoms with Crippen molar-refractivity contribution in [3.05, 3.63) is 12.7 Å². The summed E-state index contributed by atoms with van der Waals surface area (Å²) in [6.45, 7) is 8.52. The van der Waals surface area contributed by atoms with Crippen LogP contribution in [0.5, 0.6) is 0 Å². The summed E-state index contributed by atoms with van der Waals surface area (Å²) in [4.78, 5) is 23.3. The molecule has 0 saturated carbocycles. The third kappa shape index (κ3) is 7.28. The number of nitrogens with zero attached hydrogens (tertiary/aromatic N) is 2. The van der Waals surface area contributed by atoms with Gasteiger partial charge in [0.25, 0.3) is 0 Å². The van der Waals surface area contributed by atoms with Crippen molar-refractivity contribution in [2.24, 2.45) is 0 Å². The van der Waals surface area contributed by atoms with Gasteiger partial charge in [0.15, 0.2) is 8.68 Å². The van der Waals surface area contributed by atoms with E-state index < -0.39 is 0 Å². The maximum absolute atomic E-state index is 11.7. The molecule has 2 N–H and O–H groups in total. The SMILES string of the molecule is C=CCNC(=O)[C@@H](C)Sc1nnc(SCC(=O)NCCC)s1. The molecule has 0 fully saturated rings. The number of hydrogen-bond acceptors (Lipinski definition) is 7. The van der Waals surface area contributed by atoms with E-state index in [9.17, 15) is 9.59 Å². The number of hydrogen-bond donors (Lipinski definition) is 2. The quantitative estimate of drug-likeness (QED) is 0.490. The van der Waals surface area contributed by atoms with Gasteiger partial charge in [0.2, 0.25) is 11.8 Å². The Morgan fingerprint density at radius 1 is 1.36 bits per heavy atom. The van der Waals surface area contributed by atoms with Gasteiger partial charge >= 0.3 is 0 Å². The predicted octanol–water partition coefficient (Wildman–Crippen LogP) is 1.94. The van der Waals surface area contributed by atoms with E-state index in [0.29, 0.717) is 18.8 Å². The molecule has 122 valence electrons. The highest BCUT2D eigenvalue weighted by Gasteiger charge is 2.16. The average Bonchev–Trinajstić information content (AvgIpc) is 2.95. The molecule has 9 heteroatoms. The Morgan fingerprint density at radius 3 is 2.77 bits per heavy atom. The largest absolute Gasteiger partial charge is 0.355 e. The Hall–Kier alpha value is -1.06. The fourth-order valence-electron chi connectivity index (χ4n) is 1.27. The molecule has 6 nitrogen and oxygen atoms in total. The van der Waals surface area contributed by atoms with Gasteiger partial charge in [0.05, 0.1) is 11.0 Å². The molecule has 0 radical (unpaired) electrons. The zero-order valence-electron chi connectivity index (χ0n) is 12.6. The van der Waals surface area contributed by atoms with Gasteiger partial charge < -0.3 is 10.6 Å². The van der Waals surface area contributed by atoms with Crippen LogP contribution in [0, 0.1) is 0 Å². The van der Waals surface area contributed by atoms with Gasteiger partial charge in [-0.25, -0.2) is 0 Å². The average molecular weight is 361 g/mol. The Balaban J connectivity index is 2.39. The van der Waals surface area contributed by atoms with Crippen LogP contribution in [0.4, 0.5) is 0 Å². The van der Waals surface area contributed by atoms with Gasteiger partial charge in [-0.05, 0) is 13.3 Å². The van der Waals surface area contributed by atoms with Crippen molar-refractivity contribution in [2.45, 2.75) is 34.2 Å². The highest BCUT2D eigenvalue weighted by atomic mass is 32.2. The molecule has 22 heavy (non-hydrogen) atoms. The lowest BCUT2D eigenvalue weighted by atomic mass is 10.4. The zero-order chi connectivity index (χ0) is 16.4. The monoisotopic (exact) mass is 360 g/mol. The first-order valence-corrected chi connectivity index (χ1v) is 9.53. The van der Waals surface area contributed by atoms with Gasteiger partial charge in [0, 0.05) is 13.1 Å². The van der Waals surface area contributed by atoms with Crippen LogP contribution < -0.4 is 10.6 Å². The maximum Gasteiger partial charge on any atom is 0.233 e. The number of aromatic nitrogens is 2. The van der Waals surface area contributed by atoms with Crippen molar-refractivity contribution in [3.63, 3.8) is 0 Å². The van der Waals surface area contributed by atoms with Crippen LogP contribution in [-0.2, 0) is 9.59 Å². The van der Waals surface area contributed by atoms with Gasteiger partial charge in [0.1, 0.15) is 0 Å². The van der Waals surface area contributed by atoms with E-state index in [1.807, 2.05) is 13.8 Å². The van der Waals surface area contributed by atoms with Gasteiger partial charge in [-0.15, -0.1) is 16.8 Å². The molecule has 2 amide bonds. The van der Waals surface area contributed by atoms with Crippen LogP contribution in [0.2, 0.25) is 0 Å². The summed E-state index contributed by atoms with van der Waals surface area (Å²) in [7, 11) is 0. The van der Waals surface area contributed by atoms with E-state index in [1.54, 1.807) is 6.08 Å². The summed E-state index contributed by atoms with van der Waals surface area (Å²) in [5, 5.41) is 13.4. The summed E-state index contributed by atoms with van der Waals surface area (Å²) in [5.74, 6) is 0.260. The second-order valence-electron chi connectivity index (χ2n) is 4.27. The summed E-state index contributed by atoms with van der Waals surface area (Å²) in [6.07, 6.45) is 2.56. The molecular formula is C13H20N4O2S3. The Kier molecular flexibility index (Phi) is 9.17. The molecule has 0 aliphatic carbocycles. The maximum atomic E-state index is 11.7. The minimum atomic E-state index is -0.251. The molecule has 0 saturated heterocycles. The van der Waals surface area contributed by atoms with Crippen LogP contribution in [0.1, 0.15) is 20.3 Å². The molecule has 0 aromatic carbocycles. The number of carbonyl (C=O) groups is 2. The van der Waals surface area contributed by atoms with Crippen LogP contribution in [0.15, 0.2) is 21.3 Å². The first kappa shape index (κ1) is 19.0. The van der Waals surface area contributed by atoms with Crippen molar-refractivity contribution >= 4 is 46.7 Å². The van der Waals surface area contributed by atoms with E-state index in [4.69, 9.17) is 0 Å². The summed E-state index contributed by atoms with van der Waals surface area (Å²) in [6, 6.07) is 0. The van der Waals surface area contributed by atoms with E-state index in [-0.39, 0.29) is 17.1 Å². The van der Waals surface area contributed by atoms with Crippen LogP contribution in [0.3, 0.4) is 0 Å². The lowest BCUT2D eigenvalue weighted by Crippen LogP contribution is -2.30. The standard InChI is InChI=1S/C13H20N4O2S3/c1-4-6-14-10(18)8-20-12-16-17-13(22-12)21-9(3)11(19)15-7-5-2/h5,9H,2,4,6-8H2,1,3H3,(H,14,18)(H,15,19)/t9-/m1/s1. The Labute approximate surface area is 142 Å². The number of rotatable bonds is 10. The topological polar surface area (TPSA) is 84.0 Å². The normalized spacial score (nSPS) is 11.7. The lowest BCUT2D eigenvalue weighted by molar-refractivity contribution is -0.120. The van der Waals surface area contributed by atoms with Crippen molar-refractivity contribution in [2.75, 3.05) is 18.8 Å².